The van der Waals surface area contributed by atoms with Gasteiger partial charge in [-0.3, -0.25) is 9.69 Å². The number of rotatable bonds is 3. The lowest BCUT2D eigenvalue weighted by molar-refractivity contribution is -0.126. The first-order valence-electron chi connectivity index (χ1n) is 7.51. The average Bonchev–Trinajstić information content (AvgIpc) is 3.15. The van der Waals surface area contributed by atoms with E-state index in [0.717, 1.165) is 44.9 Å². The van der Waals surface area contributed by atoms with Gasteiger partial charge in [-0.05, 0) is 52.1 Å². The van der Waals surface area contributed by atoms with E-state index in [1.54, 1.807) is 0 Å². The van der Waals surface area contributed by atoms with Gasteiger partial charge in [0.15, 0.2) is 0 Å². The standard InChI is InChI=1S/C14H25N3O/c1-10-8-12(9-17(10)13-2-3-13)16-14(18)11-4-6-15-7-5-11/h10-13,15H,2-9H2,1H3,(H,16,18). The number of carbonyl (C=O) groups excluding carboxylic acids is 1. The predicted octanol–water partition coefficient (Wildman–Crippen LogP) is 0.727. The molecule has 102 valence electrons. The zero-order valence-corrected chi connectivity index (χ0v) is 11.3. The van der Waals surface area contributed by atoms with Crippen molar-refractivity contribution in [3.05, 3.63) is 0 Å². The third-order valence-electron chi connectivity index (χ3n) is 4.70. The van der Waals surface area contributed by atoms with E-state index in [9.17, 15) is 4.79 Å². The maximum absolute atomic E-state index is 12.2. The van der Waals surface area contributed by atoms with Gasteiger partial charge in [0.2, 0.25) is 5.91 Å². The highest BCUT2D eigenvalue weighted by Gasteiger charge is 2.39. The Hall–Kier alpha value is -0.610. The molecule has 1 aliphatic carbocycles. The topological polar surface area (TPSA) is 44.4 Å². The Morgan fingerprint density at radius 3 is 2.61 bits per heavy atom. The number of nitrogens with one attached hydrogen (secondary N) is 2. The summed E-state index contributed by atoms with van der Waals surface area (Å²) in [6, 6.07) is 1.86. The van der Waals surface area contributed by atoms with E-state index in [4.69, 9.17) is 0 Å². The molecule has 2 unspecified atom stereocenters. The molecular weight excluding hydrogens is 226 g/mol. The molecule has 2 aliphatic heterocycles. The molecule has 0 aromatic carbocycles. The molecule has 0 aromatic rings. The van der Waals surface area contributed by atoms with Crippen LogP contribution in [0, 0.1) is 5.92 Å². The second-order valence-electron chi connectivity index (χ2n) is 6.24. The molecule has 4 heteroatoms. The Kier molecular flexibility index (Phi) is 3.57. The van der Waals surface area contributed by atoms with Crippen LogP contribution in [0.4, 0.5) is 0 Å². The number of piperidine rings is 1. The molecule has 3 fully saturated rings. The molecule has 2 N–H and O–H groups in total. The molecule has 0 radical (unpaired) electrons. The van der Waals surface area contributed by atoms with Crippen LogP contribution in [0.3, 0.4) is 0 Å². The summed E-state index contributed by atoms with van der Waals surface area (Å²) in [7, 11) is 0. The van der Waals surface area contributed by atoms with Gasteiger partial charge in [0.25, 0.3) is 0 Å². The first-order chi connectivity index (χ1) is 8.74. The smallest absolute Gasteiger partial charge is 0.223 e. The van der Waals surface area contributed by atoms with Crippen LogP contribution in [0.5, 0.6) is 0 Å². The third kappa shape index (κ3) is 2.69. The second kappa shape index (κ2) is 5.17. The van der Waals surface area contributed by atoms with Crippen molar-refractivity contribution in [2.24, 2.45) is 5.92 Å². The van der Waals surface area contributed by atoms with Crippen LogP contribution >= 0.6 is 0 Å². The molecule has 2 atom stereocenters. The van der Waals surface area contributed by atoms with E-state index < -0.39 is 0 Å². The van der Waals surface area contributed by atoms with Crippen molar-refractivity contribution in [3.63, 3.8) is 0 Å². The SMILES string of the molecule is CC1CC(NC(=O)C2CCNCC2)CN1C1CC1. The normalized spacial score (nSPS) is 34.7. The van der Waals surface area contributed by atoms with Crippen molar-refractivity contribution in [1.82, 2.24) is 15.5 Å². The van der Waals surface area contributed by atoms with Gasteiger partial charge in [-0.2, -0.15) is 0 Å². The molecule has 18 heavy (non-hydrogen) atoms. The first-order valence-corrected chi connectivity index (χ1v) is 7.51. The largest absolute Gasteiger partial charge is 0.352 e. The van der Waals surface area contributed by atoms with E-state index in [1.807, 2.05) is 0 Å². The van der Waals surface area contributed by atoms with Crippen molar-refractivity contribution in [3.8, 4) is 0 Å². The Labute approximate surface area is 109 Å². The van der Waals surface area contributed by atoms with Crippen LogP contribution in [0.15, 0.2) is 0 Å². The van der Waals surface area contributed by atoms with E-state index in [-0.39, 0.29) is 5.92 Å². The summed E-state index contributed by atoms with van der Waals surface area (Å²) in [4.78, 5) is 14.8. The van der Waals surface area contributed by atoms with Gasteiger partial charge in [-0.15, -0.1) is 0 Å². The lowest BCUT2D eigenvalue weighted by atomic mass is 9.97. The van der Waals surface area contributed by atoms with Crippen molar-refractivity contribution in [1.29, 1.82) is 0 Å². The summed E-state index contributed by atoms with van der Waals surface area (Å²) < 4.78 is 0. The predicted molar refractivity (Wildman–Crippen MR) is 71.3 cm³/mol. The highest BCUT2D eigenvalue weighted by atomic mass is 16.2. The van der Waals surface area contributed by atoms with Gasteiger partial charge in [-0.25, -0.2) is 0 Å². The van der Waals surface area contributed by atoms with Crippen LogP contribution in [-0.2, 0) is 4.79 Å². The Bertz CT molecular complexity index is 310. The molecule has 2 heterocycles. The zero-order chi connectivity index (χ0) is 12.5. The van der Waals surface area contributed by atoms with Crippen LogP contribution < -0.4 is 10.6 Å². The van der Waals surface area contributed by atoms with Crippen molar-refractivity contribution in [2.75, 3.05) is 19.6 Å². The van der Waals surface area contributed by atoms with Crippen LogP contribution in [0.1, 0.15) is 39.0 Å². The average molecular weight is 251 g/mol. The summed E-state index contributed by atoms with van der Waals surface area (Å²) in [5.74, 6) is 0.544. The molecule has 1 saturated carbocycles. The fourth-order valence-corrected chi connectivity index (χ4v) is 3.48. The minimum atomic E-state index is 0.247. The molecule has 1 amide bonds. The number of nitrogens with zero attached hydrogens (tertiary/aromatic N) is 1. The number of amides is 1. The molecular formula is C14H25N3O. The molecule has 2 saturated heterocycles. The van der Waals surface area contributed by atoms with Gasteiger partial charge in [0.05, 0.1) is 0 Å². The quantitative estimate of drug-likeness (QED) is 0.777. The van der Waals surface area contributed by atoms with Gasteiger partial charge >= 0.3 is 0 Å². The van der Waals surface area contributed by atoms with Crippen molar-refractivity contribution >= 4 is 5.91 Å². The zero-order valence-electron chi connectivity index (χ0n) is 11.3. The highest BCUT2D eigenvalue weighted by molar-refractivity contribution is 5.79. The maximum Gasteiger partial charge on any atom is 0.223 e. The molecule has 0 spiro atoms. The minimum Gasteiger partial charge on any atom is -0.352 e. The number of carbonyl (C=O) groups is 1. The summed E-state index contributed by atoms with van der Waals surface area (Å²) >= 11 is 0. The van der Waals surface area contributed by atoms with Crippen LogP contribution in [0.25, 0.3) is 0 Å². The lowest BCUT2D eigenvalue weighted by Crippen LogP contribution is -2.43. The third-order valence-corrected chi connectivity index (χ3v) is 4.70. The molecule has 3 aliphatic rings. The second-order valence-corrected chi connectivity index (χ2v) is 6.24. The van der Waals surface area contributed by atoms with Crippen LogP contribution in [-0.4, -0.2) is 48.6 Å². The fraction of sp³-hybridized carbons (Fsp3) is 0.929. The van der Waals surface area contributed by atoms with E-state index >= 15 is 0 Å². The first kappa shape index (κ1) is 12.4. The van der Waals surface area contributed by atoms with Gasteiger partial charge in [0.1, 0.15) is 0 Å². The van der Waals surface area contributed by atoms with Crippen LogP contribution in [0.2, 0.25) is 0 Å². The number of likely N-dealkylation sites (tertiary alicyclic amines) is 1. The molecule has 0 aromatic heterocycles. The Morgan fingerprint density at radius 1 is 1.22 bits per heavy atom. The maximum atomic E-state index is 12.2. The summed E-state index contributed by atoms with van der Waals surface area (Å²) in [5, 5.41) is 6.60. The monoisotopic (exact) mass is 251 g/mol. The summed E-state index contributed by atoms with van der Waals surface area (Å²) in [6.07, 6.45) is 5.85. The summed E-state index contributed by atoms with van der Waals surface area (Å²) in [5.41, 5.74) is 0. The minimum absolute atomic E-state index is 0.247. The summed E-state index contributed by atoms with van der Waals surface area (Å²) in [6.45, 7) is 5.36. The Morgan fingerprint density at radius 2 is 1.94 bits per heavy atom. The van der Waals surface area contributed by atoms with E-state index in [0.29, 0.717) is 18.0 Å². The molecule has 4 nitrogen and oxygen atoms in total. The lowest BCUT2D eigenvalue weighted by Gasteiger charge is -2.24. The highest BCUT2D eigenvalue weighted by Crippen LogP contribution is 2.33. The molecule has 0 bridgehead atoms. The van der Waals surface area contributed by atoms with Crippen molar-refractivity contribution in [2.45, 2.75) is 57.2 Å². The number of hydrogen-bond donors (Lipinski definition) is 2. The van der Waals surface area contributed by atoms with Gasteiger partial charge < -0.3 is 10.6 Å². The van der Waals surface area contributed by atoms with Gasteiger partial charge in [-0.1, -0.05) is 0 Å². The van der Waals surface area contributed by atoms with E-state index in [1.165, 1.54) is 12.8 Å². The Balaban J connectivity index is 1.49. The molecule has 3 rings (SSSR count). The number of hydrogen-bond acceptors (Lipinski definition) is 3. The fourth-order valence-electron chi connectivity index (χ4n) is 3.48. The van der Waals surface area contributed by atoms with Gasteiger partial charge in [0, 0.05) is 30.6 Å². The van der Waals surface area contributed by atoms with E-state index in [2.05, 4.69) is 22.5 Å². The van der Waals surface area contributed by atoms with Crippen molar-refractivity contribution < 1.29 is 4.79 Å².